The van der Waals surface area contributed by atoms with Gasteiger partial charge in [0.15, 0.2) is 0 Å². The van der Waals surface area contributed by atoms with Gasteiger partial charge in [0.1, 0.15) is 0 Å². The summed E-state index contributed by atoms with van der Waals surface area (Å²) < 4.78 is 10.8. The first-order valence-electron chi connectivity index (χ1n) is 22.5. The molecule has 0 amide bonds. The maximum atomic E-state index is 12.0. The third kappa shape index (κ3) is 43.3. The summed E-state index contributed by atoms with van der Waals surface area (Å²) in [5.74, 6) is 4.60. The van der Waals surface area contributed by atoms with E-state index in [9.17, 15) is 9.59 Å². The zero-order valence-corrected chi connectivity index (χ0v) is 37.0. The van der Waals surface area contributed by atoms with Crippen LogP contribution in [0.25, 0.3) is 0 Å². The topological polar surface area (TPSA) is 129 Å². The number of hydrogen-bond acceptors (Lipinski definition) is 8. The predicted molar refractivity (Wildman–Crippen MR) is 239 cm³/mol. The number of hydrogen-bond donors (Lipinski definition) is 2. The fourth-order valence-electron chi connectivity index (χ4n) is 6.17. The summed E-state index contributed by atoms with van der Waals surface area (Å²) in [6.07, 6.45) is 35.7. The molecule has 0 atom stereocenters. The fourth-order valence-corrected chi connectivity index (χ4v) is 7.90. The van der Waals surface area contributed by atoms with E-state index in [0.29, 0.717) is 50.8 Å². The second-order valence-corrected chi connectivity index (χ2v) is 17.3. The summed E-state index contributed by atoms with van der Waals surface area (Å²) in [7, 11) is 0. The number of ether oxygens (including phenoxy) is 2. The number of nitrogens with two attached hydrogens (primary N) is 2. The number of unbranched alkanes of at least 4 members (excludes halogenated alkanes) is 22. The Morgan fingerprint density at radius 1 is 0.407 bits per heavy atom. The van der Waals surface area contributed by atoms with Crippen molar-refractivity contribution in [2.45, 2.75) is 206 Å². The second kappa shape index (κ2) is 44.3. The standard InChI is InChI=1S/C44H86N4O4S2/c1-3-5-7-9-11-13-15-17-19-21-23-25-35-51-43(49)31-39-53-37-27-29-41(45)47-33-34-48-42(46)30-28-38-54-40-32-44(50)52-36-26-24-22-20-18-16-14-12-10-8-6-4-2/h3-40H2,1-2H3,(H2,45,47)(H2,46,48). The first-order chi connectivity index (χ1) is 26.5. The van der Waals surface area contributed by atoms with Crippen molar-refractivity contribution >= 4 is 47.1 Å². The summed E-state index contributed by atoms with van der Waals surface area (Å²) in [5.41, 5.74) is 12.1. The third-order valence-electron chi connectivity index (χ3n) is 9.60. The number of carbonyl (C=O) groups excluding carboxylic acids is 2. The largest absolute Gasteiger partial charge is 0.466 e. The lowest BCUT2D eigenvalue weighted by Gasteiger charge is -2.06. The van der Waals surface area contributed by atoms with Gasteiger partial charge in [0.2, 0.25) is 0 Å². The molecule has 0 aromatic rings. The number of nitrogens with zero attached hydrogens (tertiary/aromatic N) is 2. The Kier molecular flexibility index (Phi) is 43.1. The molecule has 0 aromatic carbocycles. The Balaban J connectivity index is 3.51. The van der Waals surface area contributed by atoms with Gasteiger partial charge in [-0.05, 0) is 37.2 Å². The van der Waals surface area contributed by atoms with Crippen molar-refractivity contribution in [2.75, 3.05) is 49.3 Å². The molecule has 0 aliphatic carbocycles. The first-order valence-corrected chi connectivity index (χ1v) is 24.8. The van der Waals surface area contributed by atoms with Gasteiger partial charge in [-0.1, -0.05) is 155 Å². The van der Waals surface area contributed by atoms with E-state index in [1.807, 2.05) is 0 Å². The van der Waals surface area contributed by atoms with Gasteiger partial charge in [-0.3, -0.25) is 19.6 Å². The normalized spacial score (nSPS) is 12.0. The molecule has 0 bridgehead atoms. The SMILES string of the molecule is CCCCCCCCCCCCCCOC(=O)CCSCCCC(N)=NCCN=C(N)CCCSCCC(=O)OCCCCCCCCCCCCCC. The zero-order chi connectivity index (χ0) is 39.4. The van der Waals surface area contributed by atoms with E-state index in [1.54, 1.807) is 23.5 Å². The maximum Gasteiger partial charge on any atom is 0.306 e. The number of carbonyl (C=O) groups is 2. The predicted octanol–water partition coefficient (Wildman–Crippen LogP) is 12.0. The molecule has 0 unspecified atom stereocenters. The quantitative estimate of drug-likeness (QED) is 0.0270. The lowest BCUT2D eigenvalue weighted by molar-refractivity contribution is -0.144. The van der Waals surface area contributed by atoms with Crippen molar-refractivity contribution in [1.82, 2.24) is 0 Å². The van der Waals surface area contributed by atoms with Crippen LogP contribution >= 0.6 is 23.5 Å². The molecule has 0 aliphatic heterocycles. The molecule has 318 valence electrons. The van der Waals surface area contributed by atoms with Crippen LogP contribution in [0, 0.1) is 0 Å². The maximum absolute atomic E-state index is 12.0. The molecule has 4 N–H and O–H groups in total. The van der Waals surface area contributed by atoms with Gasteiger partial charge >= 0.3 is 11.9 Å². The smallest absolute Gasteiger partial charge is 0.306 e. The Morgan fingerprint density at radius 3 is 1.02 bits per heavy atom. The number of esters is 2. The lowest BCUT2D eigenvalue weighted by atomic mass is 10.1. The third-order valence-corrected chi connectivity index (χ3v) is 11.7. The van der Waals surface area contributed by atoms with Gasteiger partial charge in [-0.25, -0.2) is 0 Å². The van der Waals surface area contributed by atoms with Crippen molar-refractivity contribution in [3.8, 4) is 0 Å². The molecule has 8 nitrogen and oxygen atoms in total. The highest BCUT2D eigenvalue weighted by atomic mass is 32.2. The van der Waals surface area contributed by atoms with Gasteiger partial charge in [0.05, 0.1) is 50.8 Å². The molecule has 0 radical (unpaired) electrons. The summed E-state index contributed by atoms with van der Waals surface area (Å²) in [6, 6.07) is 0. The number of rotatable bonds is 43. The second-order valence-electron chi connectivity index (χ2n) is 14.9. The van der Waals surface area contributed by atoms with Crippen molar-refractivity contribution in [3.63, 3.8) is 0 Å². The molecule has 0 rings (SSSR count). The molecule has 0 saturated carbocycles. The molecule has 0 aromatic heterocycles. The molecule has 0 aliphatic rings. The first kappa shape index (κ1) is 52.6. The van der Waals surface area contributed by atoms with Gasteiger partial charge < -0.3 is 20.9 Å². The molecule has 54 heavy (non-hydrogen) atoms. The van der Waals surface area contributed by atoms with Crippen LogP contribution in [0.4, 0.5) is 0 Å². The molecule has 0 spiro atoms. The van der Waals surface area contributed by atoms with Crippen LogP contribution in [0.15, 0.2) is 9.98 Å². The highest BCUT2D eigenvalue weighted by Crippen LogP contribution is 2.14. The summed E-state index contributed by atoms with van der Waals surface area (Å²) in [6.45, 7) is 6.73. The van der Waals surface area contributed by atoms with Gasteiger partial charge in [-0.15, -0.1) is 0 Å². The molecule has 0 fully saturated rings. The van der Waals surface area contributed by atoms with Crippen molar-refractivity contribution < 1.29 is 19.1 Å². The van der Waals surface area contributed by atoms with Gasteiger partial charge in [0, 0.05) is 24.3 Å². The molecular formula is C44H86N4O4S2. The van der Waals surface area contributed by atoms with E-state index in [1.165, 1.54) is 128 Å². The average Bonchev–Trinajstić information content (AvgIpc) is 3.16. The Labute approximate surface area is 342 Å². The summed E-state index contributed by atoms with van der Waals surface area (Å²) >= 11 is 3.53. The minimum Gasteiger partial charge on any atom is -0.466 e. The number of amidine groups is 2. The minimum absolute atomic E-state index is 0.0811. The highest BCUT2D eigenvalue weighted by Gasteiger charge is 2.05. The Hall–Kier alpha value is -1.42. The lowest BCUT2D eigenvalue weighted by Crippen LogP contribution is -2.15. The zero-order valence-electron chi connectivity index (χ0n) is 35.4. The fraction of sp³-hybridized carbons (Fsp3) is 0.909. The number of aliphatic imine (C=N–C) groups is 2. The summed E-state index contributed by atoms with van der Waals surface area (Å²) in [4.78, 5) is 32.8. The van der Waals surface area contributed by atoms with Crippen LogP contribution in [-0.4, -0.2) is 72.9 Å². The van der Waals surface area contributed by atoms with Crippen molar-refractivity contribution in [3.05, 3.63) is 0 Å². The minimum atomic E-state index is -0.0811. The van der Waals surface area contributed by atoms with Crippen LogP contribution in [0.3, 0.4) is 0 Å². The Morgan fingerprint density at radius 2 is 0.704 bits per heavy atom. The van der Waals surface area contributed by atoms with E-state index in [2.05, 4.69) is 23.8 Å². The molecule has 0 heterocycles. The number of thioether (sulfide) groups is 2. The van der Waals surface area contributed by atoms with Crippen LogP contribution < -0.4 is 11.5 Å². The van der Waals surface area contributed by atoms with Crippen LogP contribution in [-0.2, 0) is 19.1 Å². The van der Waals surface area contributed by atoms with Crippen molar-refractivity contribution in [1.29, 1.82) is 0 Å². The van der Waals surface area contributed by atoms with Crippen LogP contribution in [0.5, 0.6) is 0 Å². The van der Waals surface area contributed by atoms with Gasteiger partial charge in [0.25, 0.3) is 0 Å². The van der Waals surface area contributed by atoms with Gasteiger partial charge in [-0.2, -0.15) is 23.5 Å². The monoisotopic (exact) mass is 799 g/mol. The van der Waals surface area contributed by atoms with E-state index >= 15 is 0 Å². The van der Waals surface area contributed by atoms with Crippen LogP contribution in [0.1, 0.15) is 206 Å². The average molecular weight is 799 g/mol. The van der Waals surface area contributed by atoms with E-state index in [-0.39, 0.29) is 11.9 Å². The highest BCUT2D eigenvalue weighted by molar-refractivity contribution is 7.99. The van der Waals surface area contributed by atoms with E-state index in [0.717, 1.165) is 74.4 Å². The molecule has 10 heteroatoms. The Bertz CT molecular complexity index is 821. The molecular weight excluding hydrogens is 713 g/mol. The molecule has 0 saturated heterocycles. The van der Waals surface area contributed by atoms with Crippen molar-refractivity contribution in [2.24, 2.45) is 21.5 Å². The van der Waals surface area contributed by atoms with E-state index in [4.69, 9.17) is 20.9 Å². The van der Waals surface area contributed by atoms with Crippen LogP contribution in [0.2, 0.25) is 0 Å². The van der Waals surface area contributed by atoms with E-state index < -0.39 is 0 Å². The summed E-state index contributed by atoms with van der Waals surface area (Å²) in [5, 5.41) is 0.